The molecule has 0 aliphatic heterocycles. The van der Waals surface area contributed by atoms with Crippen molar-refractivity contribution in [2.45, 2.75) is 162 Å². The quantitative estimate of drug-likeness (QED) is 0.0842. The van der Waals surface area contributed by atoms with E-state index in [4.69, 9.17) is 10.2 Å². The molecule has 0 amide bonds. The Balaban J connectivity index is 1.99. The van der Waals surface area contributed by atoms with Gasteiger partial charge >= 0.3 is 11.9 Å². The molecule has 0 aromatic heterocycles. The molecular formula is C37H64O4. The van der Waals surface area contributed by atoms with Crippen LogP contribution in [0.2, 0.25) is 0 Å². The van der Waals surface area contributed by atoms with Gasteiger partial charge in [-0.1, -0.05) is 134 Å². The Morgan fingerprint density at radius 2 is 0.805 bits per heavy atom. The summed E-state index contributed by atoms with van der Waals surface area (Å²) in [5, 5.41) is 17.8. The van der Waals surface area contributed by atoms with E-state index < -0.39 is 11.9 Å². The molecule has 4 heteroatoms. The fraction of sp³-hybridized carbons (Fsp3) is 0.838. The molecule has 0 radical (unpaired) electrons. The number of hydrogen-bond donors (Lipinski definition) is 2. The number of fused-ring (bicyclic) bond motifs is 1. The van der Waals surface area contributed by atoms with Crippen LogP contribution in [-0.4, -0.2) is 22.2 Å². The molecule has 0 saturated carbocycles. The maximum absolute atomic E-state index is 10.8. The van der Waals surface area contributed by atoms with Crippen molar-refractivity contribution in [2.24, 2.45) is 35.5 Å². The summed E-state index contributed by atoms with van der Waals surface area (Å²) in [5.74, 6) is 3.01. The highest BCUT2D eigenvalue weighted by Crippen LogP contribution is 2.50. The highest BCUT2D eigenvalue weighted by atomic mass is 16.4. The number of carbonyl (C=O) groups is 2. The van der Waals surface area contributed by atoms with Gasteiger partial charge in [0, 0.05) is 12.8 Å². The average Bonchev–Trinajstić information content (AvgIpc) is 2.95. The molecule has 2 rings (SSSR count). The van der Waals surface area contributed by atoms with Crippen LogP contribution in [-0.2, 0) is 9.59 Å². The van der Waals surface area contributed by atoms with E-state index in [1.54, 1.807) is 0 Å². The molecule has 0 spiro atoms. The smallest absolute Gasteiger partial charge is 0.303 e. The van der Waals surface area contributed by atoms with Gasteiger partial charge in [-0.05, 0) is 74.0 Å². The molecule has 2 aliphatic rings. The monoisotopic (exact) mass is 572 g/mol. The van der Waals surface area contributed by atoms with E-state index in [1.165, 1.54) is 96.3 Å². The molecule has 0 saturated heterocycles. The average molecular weight is 573 g/mol. The first-order chi connectivity index (χ1) is 20.0. The number of unbranched alkanes of at least 4 members (excludes halogenated alkanes) is 13. The summed E-state index contributed by atoms with van der Waals surface area (Å²) >= 11 is 0. The first kappa shape index (κ1) is 35.6. The molecule has 0 heterocycles. The molecule has 236 valence electrons. The van der Waals surface area contributed by atoms with Gasteiger partial charge in [0.25, 0.3) is 0 Å². The van der Waals surface area contributed by atoms with Gasteiger partial charge in [0.1, 0.15) is 0 Å². The first-order valence-electron chi connectivity index (χ1n) is 17.8. The largest absolute Gasteiger partial charge is 0.481 e. The van der Waals surface area contributed by atoms with Crippen LogP contribution in [0.15, 0.2) is 24.3 Å². The van der Waals surface area contributed by atoms with Crippen LogP contribution in [0.3, 0.4) is 0 Å². The third-order valence-electron chi connectivity index (χ3n) is 10.1. The molecular weight excluding hydrogens is 508 g/mol. The van der Waals surface area contributed by atoms with Crippen LogP contribution in [0.5, 0.6) is 0 Å². The number of aliphatic carboxylic acids is 2. The van der Waals surface area contributed by atoms with Crippen molar-refractivity contribution in [1.82, 2.24) is 0 Å². The number of allylic oxidation sites excluding steroid dienone is 4. The fourth-order valence-corrected chi connectivity index (χ4v) is 7.75. The second-order valence-electron chi connectivity index (χ2n) is 13.3. The van der Waals surface area contributed by atoms with E-state index in [0.29, 0.717) is 30.6 Å². The van der Waals surface area contributed by atoms with Gasteiger partial charge < -0.3 is 10.2 Å². The second kappa shape index (κ2) is 22.0. The van der Waals surface area contributed by atoms with Gasteiger partial charge in [-0.3, -0.25) is 9.59 Å². The van der Waals surface area contributed by atoms with Crippen molar-refractivity contribution < 1.29 is 19.8 Å². The number of hydrogen-bond acceptors (Lipinski definition) is 2. The lowest BCUT2D eigenvalue weighted by Crippen LogP contribution is -2.39. The van der Waals surface area contributed by atoms with Crippen molar-refractivity contribution >= 4 is 11.9 Å². The van der Waals surface area contributed by atoms with Crippen LogP contribution in [0.1, 0.15) is 162 Å². The lowest BCUT2D eigenvalue weighted by Gasteiger charge is -2.46. The van der Waals surface area contributed by atoms with Gasteiger partial charge in [-0.2, -0.15) is 0 Å². The van der Waals surface area contributed by atoms with E-state index in [1.807, 2.05) is 0 Å². The molecule has 0 aromatic rings. The maximum atomic E-state index is 10.8. The molecule has 6 unspecified atom stereocenters. The number of carboxylic acid groups (broad SMARTS) is 2. The summed E-state index contributed by atoms with van der Waals surface area (Å²) in [4.78, 5) is 21.6. The third kappa shape index (κ3) is 14.4. The lowest BCUT2D eigenvalue weighted by atomic mass is 9.58. The van der Waals surface area contributed by atoms with E-state index in [2.05, 4.69) is 38.2 Å². The van der Waals surface area contributed by atoms with Crippen molar-refractivity contribution in [3.05, 3.63) is 24.3 Å². The standard InChI is InChI=1S/C37H64O4/c1-3-5-14-20-30-26-28-35-33(23-17-11-9-13-19-25-37(40)41)31(21-16-10-7-8-12-18-24-36(38)39)27-29-34(35)32(30)22-15-6-4-2/h26-35H,3-25H2,1-2H3,(H,38,39)(H,40,41). The van der Waals surface area contributed by atoms with Crippen molar-refractivity contribution in [1.29, 1.82) is 0 Å². The van der Waals surface area contributed by atoms with E-state index in [9.17, 15) is 9.59 Å². The maximum Gasteiger partial charge on any atom is 0.303 e. The van der Waals surface area contributed by atoms with E-state index in [0.717, 1.165) is 56.3 Å². The Labute approximate surface area is 252 Å². The molecule has 2 aliphatic carbocycles. The van der Waals surface area contributed by atoms with Crippen LogP contribution in [0.25, 0.3) is 0 Å². The minimum Gasteiger partial charge on any atom is -0.481 e. The zero-order valence-electron chi connectivity index (χ0n) is 26.7. The highest BCUT2D eigenvalue weighted by molar-refractivity contribution is 5.66. The topological polar surface area (TPSA) is 74.6 Å². The van der Waals surface area contributed by atoms with Gasteiger partial charge in [0.15, 0.2) is 0 Å². The first-order valence-corrected chi connectivity index (χ1v) is 17.8. The fourth-order valence-electron chi connectivity index (χ4n) is 7.75. The SMILES string of the molecule is CCCCCC1C=CC2C(C=CC(CCCCCCCCC(=O)O)C2CCCCCCCC(=O)O)C1CCCCC. The molecule has 41 heavy (non-hydrogen) atoms. The van der Waals surface area contributed by atoms with Crippen LogP contribution in [0, 0.1) is 35.5 Å². The highest BCUT2D eigenvalue weighted by Gasteiger charge is 2.41. The predicted octanol–water partition coefficient (Wildman–Crippen LogP) is 11.0. The van der Waals surface area contributed by atoms with E-state index >= 15 is 0 Å². The summed E-state index contributed by atoms with van der Waals surface area (Å²) < 4.78 is 0. The van der Waals surface area contributed by atoms with Crippen LogP contribution >= 0.6 is 0 Å². The Hall–Kier alpha value is -1.58. The third-order valence-corrected chi connectivity index (χ3v) is 10.1. The zero-order chi connectivity index (χ0) is 29.7. The second-order valence-corrected chi connectivity index (χ2v) is 13.3. The van der Waals surface area contributed by atoms with Crippen LogP contribution in [0.4, 0.5) is 0 Å². The Kier molecular flexibility index (Phi) is 19.1. The molecule has 6 atom stereocenters. The van der Waals surface area contributed by atoms with E-state index in [-0.39, 0.29) is 0 Å². The summed E-state index contributed by atoms with van der Waals surface area (Å²) in [7, 11) is 0. The number of rotatable bonds is 25. The van der Waals surface area contributed by atoms with Gasteiger partial charge in [0.05, 0.1) is 0 Å². The molecule has 0 fully saturated rings. The predicted molar refractivity (Wildman–Crippen MR) is 172 cm³/mol. The minimum atomic E-state index is -0.671. The van der Waals surface area contributed by atoms with Crippen LogP contribution < -0.4 is 0 Å². The summed E-state index contributed by atoms with van der Waals surface area (Å²) in [6.07, 6.45) is 36.9. The van der Waals surface area contributed by atoms with Crippen molar-refractivity contribution in [3.8, 4) is 0 Å². The molecule has 4 nitrogen and oxygen atoms in total. The van der Waals surface area contributed by atoms with Gasteiger partial charge in [-0.25, -0.2) is 0 Å². The lowest BCUT2D eigenvalue weighted by molar-refractivity contribution is -0.138. The zero-order valence-corrected chi connectivity index (χ0v) is 26.7. The Bertz CT molecular complexity index is 756. The minimum absolute atomic E-state index is 0.308. The van der Waals surface area contributed by atoms with Crippen molar-refractivity contribution in [2.75, 3.05) is 0 Å². The van der Waals surface area contributed by atoms with Crippen molar-refractivity contribution in [3.63, 3.8) is 0 Å². The Morgan fingerprint density at radius 3 is 1.22 bits per heavy atom. The van der Waals surface area contributed by atoms with Gasteiger partial charge in [0.2, 0.25) is 0 Å². The summed E-state index contributed by atoms with van der Waals surface area (Å²) in [6.45, 7) is 4.63. The molecule has 2 N–H and O–H groups in total. The summed E-state index contributed by atoms with van der Waals surface area (Å²) in [6, 6.07) is 0. The molecule has 0 bridgehead atoms. The summed E-state index contributed by atoms with van der Waals surface area (Å²) in [5.41, 5.74) is 0. The Morgan fingerprint density at radius 1 is 0.463 bits per heavy atom. The normalized spacial score (nSPS) is 25.3. The number of carboxylic acids is 2. The van der Waals surface area contributed by atoms with Gasteiger partial charge in [-0.15, -0.1) is 0 Å². The molecule has 0 aromatic carbocycles.